The van der Waals surface area contributed by atoms with Crippen molar-refractivity contribution in [3.05, 3.63) is 40.6 Å². The van der Waals surface area contributed by atoms with Gasteiger partial charge in [-0.1, -0.05) is 12.1 Å². The van der Waals surface area contributed by atoms with Crippen molar-refractivity contribution in [1.82, 2.24) is 4.37 Å². The molecule has 2 aromatic rings. The fourth-order valence-electron chi connectivity index (χ4n) is 1.86. The van der Waals surface area contributed by atoms with E-state index in [0.717, 1.165) is 21.9 Å². The van der Waals surface area contributed by atoms with Gasteiger partial charge in [0, 0.05) is 5.69 Å². The summed E-state index contributed by atoms with van der Waals surface area (Å²) < 4.78 is 4.24. The van der Waals surface area contributed by atoms with E-state index in [4.69, 9.17) is 0 Å². The molecule has 0 saturated heterocycles. The first-order valence-electron chi connectivity index (χ1n) is 5.80. The molecule has 2 rings (SSSR count). The van der Waals surface area contributed by atoms with E-state index >= 15 is 0 Å². The number of aromatic nitrogens is 1. The van der Waals surface area contributed by atoms with Crippen LogP contribution in [-0.2, 0) is 0 Å². The molecule has 0 aliphatic rings. The lowest BCUT2D eigenvalue weighted by Gasteiger charge is -2.09. The highest BCUT2D eigenvalue weighted by Gasteiger charge is 2.15. The van der Waals surface area contributed by atoms with E-state index in [1.807, 2.05) is 13.8 Å². The number of hydrogen-bond acceptors (Lipinski definition) is 4. The van der Waals surface area contributed by atoms with Crippen molar-refractivity contribution in [3.8, 4) is 0 Å². The van der Waals surface area contributed by atoms with Crippen LogP contribution in [0.1, 0.15) is 34.1 Å². The predicted octanol–water partition coefficient (Wildman–Crippen LogP) is 4.01. The van der Waals surface area contributed by atoms with Gasteiger partial charge in [0.2, 0.25) is 0 Å². The van der Waals surface area contributed by atoms with Crippen molar-refractivity contribution < 1.29 is 4.79 Å². The van der Waals surface area contributed by atoms with Crippen LogP contribution in [0.25, 0.3) is 0 Å². The monoisotopic (exact) mass is 260 g/mol. The molecule has 0 aliphatic heterocycles. The smallest absolute Gasteiger partial charge is 0.164 e. The molecule has 4 heteroatoms. The molecule has 0 unspecified atom stereocenters. The van der Waals surface area contributed by atoms with Crippen molar-refractivity contribution in [1.29, 1.82) is 0 Å². The Balaban J connectivity index is 2.40. The standard InChI is InChI=1S/C14H16N2OS/c1-8-5-6-9(2)12(7-8)15-14-13(11(4)17)10(3)16-18-14/h5-7,15H,1-4H3. The first-order valence-corrected chi connectivity index (χ1v) is 6.58. The molecule has 0 radical (unpaired) electrons. The van der Waals surface area contributed by atoms with Crippen molar-refractivity contribution in [2.24, 2.45) is 0 Å². The van der Waals surface area contributed by atoms with Gasteiger partial charge in [-0.3, -0.25) is 4.79 Å². The molecule has 0 saturated carbocycles. The number of hydrogen-bond donors (Lipinski definition) is 1. The molecule has 18 heavy (non-hydrogen) atoms. The number of nitrogens with zero attached hydrogens (tertiary/aromatic N) is 1. The summed E-state index contributed by atoms with van der Waals surface area (Å²) in [6.07, 6.45) is 0. The van der Waals surface area contributed by atoms with Crippen LogP contribution in [0.3, 0.4) is 0 Å². The van der Waals surface area contributed by atoms with Crippen molar-refractivity contribution in [3.63, 3.8) is 0 Å². The van der Waals surface area contributed by atoms with Gasteiger partial charge in [0.1, 0.15) is 5.00 Å². The third-order valence-corrected chi connectivity index (χ3v) is 3.71. The lowest BCUT2D eigenvalue weighted by molar-refractivity contribution is 0.101. The maximum absolute atomic E-state index is 11.6. The van der Waals surface area contributed by atoms with Gasteiger partial charge in [0.25, 0.3) is 0 Å². The SMILES string of the molecule is CC(=O)c1c(C)nsc1Nc1cc(C)ccc1C. The van der Waals surface area contributed by atoms with Crippen molar-refractivity contribution in [2.75, 3.05) is 5.32 Å². The molecule has 1 heterocycles. The van der Waals surface area contributed by atoms with Crippen LogP contribution >= 0.6 is 11.5 Å². The fourth-order valence-corrected chi connectivity index (χ4v) is 2.72. The Hall–Kier alpha value is -1.68. The molecular weight excluding hydrogens is 244 g/mol. The number of benzene rings is 1. The number of carbonyl (C=O) groups is 1. The van der Waals surface area contributed by atoms with Crippen LogP contribution in [0.2, 0.25) is 0 Å². The van der Waals surface area contributed by atoms with Gasteiger partial charge in [-0.25, -0.2) is 0 Å². The Morgan fingerprint density at radius 3 is 2.67 bits per heavy atom. The van der Waals surface area contributed by atoms with Gasteiger partial charge >= 0.3 is 0 Å². The average Bonchev–Trinajstić information content (AvgIpc) is 2.65. The molecular formula is C14H16N2OS. The maximum atomic E-state index is 11.6. The van der Waals surface area contributed by atoms with E-state index < -0.39 is 0 Å². The summed E-state index contributed by atoms with van der Waals surface area (Å²) in [5.74, 6) is 0.0501. The summed E-state index contributed by atoms with van der Waals surface area (Å²) in [5, 5.41) is 4.15. The summed E-state index contributed by atoms with van der Waals surface area (Å²) in [6.45, 7) is 7.53. The Bertz CT molecular complexity index is 602. The number of Topliss-reactive ketones (excluding diaryl/α,β-unsaturated/α-hetero) is 1. The minimum absolute atomic E-state index is 0.0501. The zero-order valence-corrected chi connectivity index (χ0v) is 11.8. The largest absolute Gasteiger partial charge is 0.345 e. The average molecular weight is 260 g/mol. The van der Waals surface area contributed by atoms with E-state index in [-0.39, 0.29) is 5.78 Å². The molecule has 1 aromatic carbocycles. The maximum Gasteiger partial charge on any atom is 0.164 e. The lowest BCUT2D eigenvalue weighted by Crippen LogP contribution is -1.99. The van der Waals surface area contributed by atoms with Gasteiger partial charge in [-0.2, -0.15) is 4.37 Å². The summed E-state index contributed by atoms with van der Waals surface area (Å²) in [4.78, 5) is 11.6. The number of ketones is 1. The summed E-state index contributed by atoms with van der Waals surface area (Å²) in [7, 11) is 0. The summed E-state index contributed by atoms with van der Waals surface area (Å²) in [6, 6.07) is 6.22. The van der Waals surface area contributed by atoms with Crippen LogP contribution in [0.5, 0.6) is 0 Å². The van der Waals surface area contributed by atoms with Gasteiger partial charge in [-0.15, -0.1) is 0 Å². The van der Waals surface area contributed by atoms with E-state index in [2.05, 4.69) is 34.8 Å². The molecule has 0 fully saturated rings. The van der Waals surface area contributed by atoms with Crippen LogP contribution in [-0.4, -0.2) is 10.2 Å². The second kappa shape index (κ2) is 4.90. The minimum atomic E-state index is 0.0501. The molecule has 0 aliphatic carbocycles. The number of aryl methyl sites for hydroxylation is 3. The van der Waals surface area contributed by atoms with Gasteiger partial charge in [-0.05, 0) is 56.4 Å². The second-order valence-electron chi connectivity index (χ2n) is 4.47. The number of rotatable bonds is 3. The molecule has 0 spiro atoms. The predicted molar refractivity (Wildman–Crippen MR) is 76.1 cm³/mol. The van der Waals surface area contributed by atoms with Crippen molar-refractivity contribution in [2.45, 2.75) is 27.7 Å². The first kappa shape index (κ1) is 12.8. The molecule has 0 atom stereocenters. The number of carbonyl (C=O) groups excluding carboxylic acids is 1. The second-order valence-corrected chi connectivity index (χ2v) is 5.25. The van der Waals surface area contributed by atoms with Crippen LogP contribution in [0.4, 0.5) is 10.7 Å². The van der Waals surface area contributed by atoms with Gasteiger partial charge in [0.05, 0.1) is 11.3 Å². The lowest BCUT2D eigenvalue weighted by atomic mass is 10.1. The quantitative estimate of drug-likeness (QED) is 0.848. The summed E-state index contributed by atoms with van der Waals surface area (Å²) >= 11 is 1.33. The third-order valence-electron chi connectivity index (χ3n) is 2.86. The fraction of sp³-hybridized carbons (Fsp3) is 0.286. The Labute approximate surface area is 111 Å². The Morgan fingerprint density at radius 1 is 1.28 bits per heavy atom. The van der Waals surface area contributed by atoms with Crippen LogP contribution < -0.4 is 5.32 Å². The Kier molecular flexibility index (Phi) is 3.48. The highest BCUT2D eigenvalue weighted by molar-refractivity contribution is 7.10. The van der Waals surface area contributed by atoms with Gasteiger partial charge < -0.3 is 5.32 Å². The molecule has 1 N–H and O–H groups in total. The van der Waals surface area contributed by atoms with E-state index in [0.29, 0.717) is 5.56 Å². The van der Waals surface area contributed by atoms with Gasteiger partial charge in [0.15, 0.2) is 5.78 Å². The molecule has 94 valence electrons. The molecule has 1 aromatic heterocycles. The first-order chi connectivity index (χ1) is 8.49. The zero-order chi connectivity index (χ0) is 13.3. The Morgan fingerprint density at radius 2 is 2.00 bits per heavy atom. The highest BCUT2D eigenvalue weighted by atomic mass is 32.1. The molecule has 0 bridgehead atoms. The number of anilines is 2. The van der Waals surface area contributed by atoms with Crippen LogP contribution in [0.15, 0.2) is 18.2 Å². The summed E-state index contributed by atoms with van der Waals surface area (Å²) in [5.41, 5.74) is 4.86. The minimum Gasteiger partial charge on any atom is -0.345 e. The van der Waals surface area contributed by atoms with E-state index in [9.17, 15) is 4.79 Å². The normalized spacial score (nSPS) is 10.4. The van der Waals surface area contributed by atoms with E-state index in [1.165, 1.54) is 17.1 Å². The van der Waals surface area contributed by atoms with E-state index in [1.54, 1.807) is 6.92 Å². The van der Waals surface area contributed by atoms with Crippen LogP contribution in [0, 0.1) is 20.8 Å². The highest BCUT2D eigenvalue weighted by Crippen LogP contribution is 2.30. The van der Waals surface area contributed by atoms with Crippen molar-refractivity contribution >= 4 is 28.0 Å². The number of nitrogens with one attached hydrogen (secondary N) is 1. The molecule has 3 nitrogen and oxygen atoms in total. The topological polar surface area (TPSA) is 42.0 Å². The molecule has 0 amide bonds. The zero-order valence-electron chi connectivity index (χ0n) is 11.0. The third kappa shape index (κ3) is 2.43.